The molecule has 4 amide bonds. The summed E-state index contributed by atoms with van der Waals surface area (Å²) in [4.78, 5) is 85.1. The molecule has 2 aromatic carbocycles. The molecular weight excluding hydrogens is 572 g/mol. The van der Waals surface area contributed by atoms with E-state index in [9.17, 15) is 39.0 Å². The van der Waals surface area contributed by atoms with E-state index >= 15 is 0 Å². The van der Waals surface area contributed by atoms with Crippen molar-refractivity contribution in [3.63, 3.8) is 0 Å². The number of rotatable bonds is 8. The van der Waals surface area contributed by atoms with Crippen LogP contribution in [0.4, 0.5) is 0 Å². The normalized spacial score (nSPS) is 19.5. The SMILES string of the molecule is O=C(O)CN1CCN(CC(=O)O)CCN(CN2C(=O)c3ccccc3C2=O)CCN(CN2C(=O)c3ccccc3C2=O)CC1. The lowest BCUT2D eigenvalue weighted by atomic mass is 10.1. The van der Waals surface area contributed by atoms with Gasteiger partial charge in [-0.05, 0) is 24.3 Å². The van der Waals surface area contributed by atoms with Crippen molar-refractivity contribution < 1.29 is 39.0 Å². The van der Waals surface area contributed by atoms with Gasteiger partial charge in [0.15, 0.2) is 0 Å². The third-order valence-electron chi connectivity index (χ3n) is 8.09. The molecule has 0 bridgehead atoms. The predicted octanol–water partition coefficient (Wildman–Crippen LogP) is -0.115. The molecule has 1 fully saturated rings. The standard InChI is InChI=1S/C30H34N6O8/c37-25(38)17-31-9-10-32(18-26(39)40)12-14-34(20-36-29(43)23-7-3-4-8-24(23)30(36)44)16-15-33(13-11-31)19-35-27(41)21-5-1-2-6-22(21)28(35)42/h1-8H,9-20H2,(H,37,38)(H,39,40). The maximum Gasteiger partial charge on any atom is 0.317 e. The summed E-state index contributed by atoms with van der Waals surface area (Å²) in [6, 6.07) is 13.2. The van der Waals surface area contributed by atoms with Crippen molar-refractivity contribution in [3.05, 3.63) is 70.8 Å². The van der Waals surface area contributed by atoms with E-state index in [2.05, 4.69) is 0 Å². The van der Waals surface area contributed by atoms with Gasteiger partial charge < -0.3 is 10.2 Å². The monoisotopic (exact) mass is 606 g/mol. The average Bonchev–Trinajstić information content (AvgIpc) is 3.38. The van der Waals surface area contributed by atoms with Crippen LogP contribution in [0, 0.1) is 0 Å². The third kappa shape index (κ3) is 6.83. The van der Waals surface area contributed by atoms with Gasteiger partial charge in [0.2, 0.25) is 0 Å². The molecule has 14 heteroatoms. The number of amides is 4. The summed E-state index contributed by atoms with van der Waals surface area (Å²) in [5, 5.41) is 19.0. The van der Waals surface area contributed by atoms with Gasteiger partial charge in [-0.2, -0.15) is 0 Å². The van der Waals surface area contributed by atoms with Crippen LogP contribution in [-0.2, 0) is 9.59 Å². The van der Waals surface area contributed by atoms with Crippen molar-refractivity contribution in [2.75, 3.05) is 78.8 Å². The van der Waals surface area contributed by atoms with Crippen LogP contribution in [0.5, 0.6) is 0 Å². The molecule has 0 saturated carbocycles. The Morgan fingerprint density at radius 1 is 0.477 bits per heavy atom. The molecular formula is C30H34N6O8. The summed E-state index contributed by atoms with van der Waals surface area (Å²) in [5.74, 6) is -3.70. The van der Waals surface area contributed by atoms with E-state index in [-0.39, 0.29) is 52.6 Å². The lowest BCUT2D eigenvalue weighted by Crippen LogP contribution is -2.52. The molecule has 232 valence electrons. The Kier molecular flexibility index (Phi) is 9.44. The Hall–Kier alpha value is -4.50. The number of carboxylic acids is 2. The highest BCUT2D eigenvalue weighted by molar-refractivity contribution is 6.22. The number of imide groups is 2. The maximum atomic E-state index is 13.1. The van der Waals surface area contributed by atoms with Crippen LogP contribution in [0.25, 0.3) is 0 Å². The van der Waals surface area contributed by atoms with Crippen molar-refractivity contribution >= 4 is 35.6 Å². The lowest BCUT2D eigenvalue weighted by molar-refractivity contribution is -0.140. The molecule has 3 aliphatic rings. The molecule has 0 radical (unpaired) electrons. The van der Waals surface area contributed by atoms with Crippen LogP contribution >= 0.6 is 0 Å². The first-order valence-electron chi connectivity index (χ1n) is 14.4. The molecule has 2 N–H and O–H groups in total. The second-order valence-corrected chi connectivity index (χ2v) is 11.0. The number of hydrogen-bond acceptors (Lipinski definition) is 10. The molecule has 0 aliphatic carbocycles. The van der Waals surface area contributed by atoms with Crippen LogP contribution in [0.1, 0.15) is 41.4 Å². The fraction of sp³-hybridized carbons (Fsp3) is 0.400. The first-order chi connectivity index (χ1) is 21.1. The van der Waals surface area contributed by atoms with Gasteiger partial charge in [-0.3, -0.25) is 58.2 Å². The minimum Gasteiger partial charge on any atom is -0.480 e. The van der Waals surface area contributed by atoms with Crippen molar-refractivity contribution in [1.82, 2.24) is 29.4 Å². The molecule has 2 aromatic rings. The molecule has 44 heavy (non-hydrogen) atoms. The smallest absolute Gasteiger partial charge is 0.317 e. The number of carbonyl (C=O) groups excluding carboxylic acids is 4. The first-order valence-corrected chi connectivity index (χ1v) is 14.4. The zero-order chi connectivity index (χ0) is 31.4. The van der Waals surface area contributed by atoms with Crippen LogP contribution in [0.15, 0.2) is 48.5 Å². The summed E-state index contributed by atoms with van der Waals surface area (Å²) in [5.41, 5.74) is 1.30. The highest BCUT2D eigenvalue weighted by Crippen LogP contribution is 2.24. The molecule has 0 atom stereocenters. The summed E-state index contributed by atoms with van der Waals surface area (Å²) in [6.45, 7) is 1.80. The molecule has 0 spiro atoms. The topological polar surface area (TPSA) is 162 Å². The van der Waals surface area contributed by atoms with Crippen LogP contribution < -0.4 is 0 Å². The molecule has 0 aromatic heterocycles. The van der Waals surface area contributed by atoms with Crippen molar-refractivity contribution in [2.24, 2.45) is 0 Å². The summed E-state index contributed by atoms with van der Waals surface area (Å²) < 4.78 is 0. The van der Waals surface area contributed by atoms with Gasteiger partial charge in [0.05, 0.1) is 48.7 Å². The Balaban J connectivity index is 1.36. The second kappa shape index (κ2) is 13.4. The minimum absolute atomic E-state index is 0.0285. The van der Waals surface area contributed by atoms with E-state index < -0.39 is 35.6 Å². The summed E-state index contributed by atoms with van der Waals surface area (Å²) >= 11 is 0. The van der Waals surface area contributed by atoms with Gasteiger partial charge in [-0.15, -0.1) is 0 Å². The number of carbonyl (C=O) groups is 6. The van der Waals surface area contributed by atoms with E-state index in [1.165, 1.54) is 9.80 Å². The van der Waals surface area contributed by atoms with E-state index in [0.29, 0.717) is 48.4 Å². The quantitative estimate of drug-likeness (QED) is 0.384. The molecule has 5 rings (SSSR count). The predicted molar refractivity (Wildman–Crippen MR) is 155 cm³/mol. The Bertz CT molecular complexity index is 1300. The minimum atomic E-state index is -1.03. The highest BCUT2D eigenvalue weighted by atomic mass is 16.4. The fourth-order valence-electron chi connectivity index (χ4n) is 5.70. The molecule has 3 aliphatic heterocycles. The van der Waals surface area contributed by atoms with E-state index in [1.807, 2.05) is 9.80 Å². The number of benzene rings is 2. The fourth-order valence-corrected chi connectivity index (χ4v) is 5.70. The van der Waals surface area contributed by atoms with Crippen LogP contribution in [-0.4, -0.2) is 154 Å². The highest BCUT2D eigenvalue weighted by Gasteiger charge is 2.38. The van der Waals surface area contributed by atoms with Crippen LogP contribution in [0.3, 0.4) is 0 Å². The average molecular weight is 607 g/mol. The van der Waals surface area contributed by atoms with Crippen LogP contribution in [0.2, 0.25) is 0 Å². The number of aliphatic carboxylic acids is 2. The van der Waals surface area contributed by atoms with E-state index in [0.717, 1.165) is 0 Å². The van der Waals surface area contributed by atoms with E-state index in [4.69, 9.17) is 0 Å². The summed E-state index contributed by atoms with van der Waals surface area (Å²) in [6.07, 6.45) is 0. The number of fused-ring (bicyclic) bond motifs is 2. The maximum absolute atomic E-state index is 13.1. The van der Waals surface area contributed by atoms with Gasteiger partial charge in [0, 0.05) is 52.4 Å². The molecule has 3 heterocycles. The van der Waals surface area contributed by atoms with Crippen molar-refractivity contribution in [3.8, 4) is 0 Å². The number of nitrogens with zero attached hydrogens (tertiary/aromatic N) is 6. The zero-order valence-corrected chi connectivity index (χ0v) is 24.1. The Morgan fingerprint density at radius 2 is 0.727 bits per heavy atom. The summed E-state index contributed by atoms with van der Waals surface area (Å²) in [7, 11) is 0. The molecule has 0 unspecified atom stereocenters. The third-order valence-corrected chi connectivity index (χ3v) is 8.09. The molecule has 1 saturated heterocycles. The van der Waals surface area contributed by atoms with Gasteiger partial charge >= 0.3 is 11.9 Å². The Morgan fingerprint density at radius 3 is 0.977 bits per heavy atom. The first kappa shape index (κ1) is 30.9. The van der Waals surface area contributed by atoms with Gasteiger partial charge in [0.1, 0.15) is 0 Å². The molecule has 14 nitrogen and oxygen atoms in total. The van der Waals surface area contributed by atoms with Gasteiger partial charge in [-0.25, -0.2) is 0 Å². The lowest BCUT2D eigenvalue weighted by Gasteiger charge is -2.35. The number of carboxylic acid groups (broad SMARTS) is 2. The Labute approximate surface area is 253 Å². The number of hydrogen-bond donors (Lipinski definition) is 2. The van der Waals surface area contributed by atoms with Gasteiger partial charge in [0.25, 0.3) is 23.6 Å². The zero-order valence-electron chi connectivity index (χ0n) is 24.1. The largest absolute Gasteiger partial charge is 0.480 e. The van der Waals surface area contributed by atoms with E-state index in [1.54, 1.807) is 58.3 Å². The van der Waals surface area contributed by atoms with Crippen molar-refractivity contribution in [1.29, 1.82) is 0 Å². The van der Waals surface area contributed by atoms with Crippen molar-refractivity contribution in [2.45, 2.75) is 0 Å². The van der Waals surface area contributed by atoms with Gasteiger partial charge in [-0.1, -0.05) is 24.3 Å². The second-order valence-electron chi connectivity index (χ2n) is 11.0.